The molecule has 204 valence electrons. The van der Waals surface area contributed by atoms with E-state index in [1.165, 1.54) is 9.80 Å². The minimum atomic E-state index is -0.308. The largest absolute Gasteiger partial charge is 0.280 e. The van der Waals surface area contributed by atoms with Gasteiger partial charge in [0.15, 0.2) is 5.11 Å². The Kier molecular flexibility index (Phi) is 7.74. The van der Waals surface area contributed by atoms with Gasteiger partial charge in [0.05, 0.1) is 13.1 Å². The monoisotopic (exact) mass is 566 g/mol. The van der Waals surface area contributed by atoms with Crippen LogP contribution in [0.3, 0.4) is 0 Å². The van der Waals surface area contributed by atoms with Gasteiger partial charge in [0, 0.05) is 35.9 Å². The van der Waals surface area contributed by atoms with Gasteiger partial charge in [-0.1, -0.05) is 72.8 Å². The van der Waals surface area contributed by atoms with E-state index >= 15 is 0 Å². The molecule has 6 rings (SSSR count). The fraction of sp³-hybridized carbons (Fsp3) is 0.0571. The summed E-state index contributed by atoms with van der Waals surface area (Å²) in [6.45, 7) is 0.291. The van der Waals surface area contributed by atoms with Crippen molar-refractivity contribution in [1.82, 2.24) is 19.8 Å². The first-order valence-corrected chi connectivity index (χ1v) is 13.9. The quantitative estimate of drug-likeness (QED) is 0.202. The lowest BCUT2D eigenvalue weighted by atomic mass is 10.1. The Bertz CT molecular complexity index is 1770. The van der Waals surface area contributed by atoms with Crippen molar-refractivity contribution in [1.29, 1.82) is 0 Å². The van der Waals surface area contributed by atoms with Crippen molar-refractivity contribution in [2.75, 3.05) is 0 Å². The van der Waals surface area contributed by atoms with Crippen molar-refractivity contribution in [3.8, 4) is 0 Å². The summed E-state index contributed by atoms with van der Waals surface area (Å²) in [5.41, 5.74) is 2.51. The highest BCUT2D eigenvalue weighted by atomic mass is 32.1. The molecule has 0 unspecified atom stereocenters. The van der Waals surface area contributed by atoms with E-state index in [4.69, 9.17) is 12.2 Å². The van der Waals surface area contributed by atoms with Crippen LogP contribution in [0.15, 0.2) is 134 Å². The van der Waals surface area contributed by atoms with E-state index in [9.17, 15) is 9.59 Å². The van der Waals surface area contributed by atoms with Gasteiger partial charge >= 0.3 is 0 Å². The van der Waals surface area contributed by atoms with Crippen molar-refractivity contribution >= 4 is 50.7 Å². The van der Waals surface area contributed by atoms with Crippen LogP contribution in [0.4, 0.5) is 0 Å². The van der Waals surface area contributed by atoms with Gasteiger partial charge in [0.25, 0.3) is 11.8 Å². The summed E-state index contributed by atoms with van der Waals surface area (Å²) in [6, 6.07) is 34.2. The Balaban J connectivity index is 1.41. The molecule has 0 fully saturated rings. The SMILES string of the molecule is O=C(c1ccc2ccccc2c1)N(Cc1cccnc1)C(=S)N(Cc1cccnc1)C(=O)c1ccc2ccccc2c1. The van der Waals surface area contributed by atoms with E-state index in [-0.39, 0.29) is 30.0 Å². The lowest BCUT2D eigenvalue weighted by molar-refractivity contribution is 0.0776. The maximum atomic E-state index is 14.2. The number of nitrogens with zero attached hydrogens (tertiary/aromatic N) is 4. The first-order valence-electron chi connectivity index (χ1n) is 13.5. The molecular weight excluding hydrogens is 540 g/mol. The molecule has 2 aromatic heterocycles. The molecule has 0 aliphatic rings. The Morgan fingerprint density at radius 2 is 0.976 bits per heavy atom. The highest BCUT2D eigenvalue weighted by molar-refractivity contribution is 7.80. The normalized spacial score (nSPS) is 10.9. The average Bonchev–Trinajstić information content (AvgIpc) is 3.05. The molecule has 0 N–H and O–H groups in total. The van der Waals surface area contributed by atoms with Crippen LogP contribution in [0.2, 0.25) is 0 Å². The van der Waals surface area contributed by atoms with Gasteiger partial charge in [0.2, 0.25) is 0 Å². The van der Waals surface area contributed by atoms with Gasteiger partial charge in [-0.2, -0.15) is 0 Å². The lowest BCUT2D eigenvalue weighted by Crippen LogP contribution is -2.48. The molecule has 0 atom stereocenters. The summed E-state index contributed by atoms with van der Waals surface area (Å²) < 4.78 is 0. The second-order valence-corrected chi connectivity index (χ2v) is 10.3. The van der Waals surface area contributed by atoms with Crippen LogP contribution in [0, 0.1) is 0 Å². The van der Waals surface area contributed by atoms with Gasteiger partial charge in [-0.15, -0.1) is 0 Å². The zero-order valence-corrected chi connectivity index (χ0v) is 23.4. The number of hydrogen-bond donors (Lipinski definition) is 0. The van der Waals surface area contributed by atoms with Crippen LogP contribution in [0.25, 0.3) is 21.5 Å². The van der Waals surface area contributed by atoms with Gasteiger partial charge in [0.1, 0.15) is 0 Å². The molecule has 0 aliphatic carbocycles. The summed E-state index contributed by atoms with van der Waals surface area (Å²) in [4.78, 5) is 39.8. The fourth-order valence-corrected chi connectivity index (χ4v) is 5.20. The molecule has 2 heterocycles. The number of hydrogen-bond acceptors (Lipinski definition) is 5. The minimum Gasteiger partial charge on any atom is -0.280 e. The van der Waals surface area contributed by atoms with Crippen molar-refractivity contribution in [3.63, 3.8) is 0 Å². The Labute approximate surface area is 248 Å². The number of thiocarbonyl (C=S) groups is 1. The average molecular weight is 567 g/mol. The Morgan fingerprint density at radius 3 is 1.38 bits per heavy atom. The van der Waals surface area contributed by atoms with Crippen molar-refractivity contribution in [2.24, 2.45) is 0 Å². The molecule has 6 nitrogen and oxygen atoms in total. The highest BCUT2D eigenvalue weighted by Gasteiger charge is 2.29. The number of rotatable bonds is 6. The van der Waals surface area contributed by atoms with E-state index in [0.717, 1.165) is 32.7 Å². The first kappa shape index (κ1) is 26.9. The second kappa shape index (κ2) is 12.1. The van der Waals surface area contributed by atoms with E-state index in [2.05, 4.69) is 9.97 Å². The van der Waals surface area contributed by atoms with E-state index in [0.29, 0.717) is 11.1 Å². The third-order valence-corrected chi connectivity index (χ3v) is 7.51. The zero-order valence-electron chi connectivity index (χ0n) is 22.6. The maximum absolute atomic E-state index is 14.2. The van der Waals surface area contributed by atoms with Gasteiger partial charge in [-0.3, -0.25) is 29.4 Å². The third kappa shape index (κ3) is 5.77. The molecule has 0 saturated carbocycles. The molecule has 0 saturated heterocycles. The van der Waals surface area contributed by atoms with Gasteiger partial charge in [-0.25, -0.2) is 0 Å². The first-order chi connectivity index (χ1) is 20.6. The molecule has 7 heteroatoms. The standard InChI is InChI=1S/C35H26N4O2S/c40-33(31-15-13-27-9-1-3-11-29(27)19-31)38(23-25-7-5-17-36-21-25)35(42)39(24-26-8-6-18-37-22-26)34(41)32-16-14-28-10-2-4-12-30(28)20-32/h1-22H,23-24H2. The van der Waals surface area contributed by atoms with Crippen molar-refractivity contribution in [3.05, 3.63) is 156 Å². The maximum Gasteiger partial charge on any atom is 0.260 e. The second-order valence-electron chi connectivity index (χ2n) is 9.91. The molecule has 0 aliphatic heterocycles. The summed E-state index contributed by atoms with van der Waals surface area (Å²) in [5, 5.41) is 4.03. The van der Waals surface area contributed by atoms with E-state index in [1.54, 1.807) is 36.9 Å². The van der Waals surface area contributed by atoms with Crippen LogP contribution >= 0.6 is 12.2 Å². The van der Waals surface area contributed by atoms with Crippen LogP contribution < -0.4 is 0 Å². The molecule has 6 aromatic rings. The summed E-state index contributed by atoms with van der Waals surface area (Å²) >= 11 is 6.01. The lowest BCUT2D eigenvalue weighted by Gasteiger charge is -2.31. The Hall–Kier alpha value is -5.27. The molecule has 0 spiro atoms. The van der Waals surface area contributed by atoms with E-state index in [1.807, 2.05) is 97.1 Å². The number of carbonyl (C=O) groups is 2. The molecule has 0 radical (unpaired) electrons. The van der Waals surface area contributed by atoms with Crippen molar-refractivity contribution < 1.29 is 9.59 Å². The topological polar surface area (TPSA) is 66.4 Å². The Morgan fingerprint density at radius 1 is 0.548 bits per heavy atom. The van der Waals surface area contributed by atoms with Crippen LogP contribution in [0.1, 0.15) is 31.8 Å². The zero-order chi connectivity index (χ0) is 28.9. The van der Waals surface area contributed by atoms with Crippen LogP contribution in [-0.2, 0) is 13.1 Å². The third-order valence-electron chi connectivity index (χ3n) is 7.07. The summed E-state index contributed by atoms with van der Waals surface area (Å²) in [6.07, 6.45) is 6.74. The van der Waals surface area contributed by atoms with Gasteiger partial charge in [-0.05, 0) is 81.3 Å². The smallest absolute Gasteiger partial charge is 0.260 e. The summed E-state index contributed by atoms with van der Waals surface area (Å²) in [7, 11) is 0. The minimum absolute atomic E-state index is 0.0963. The predicted octanol–water partition coefficient (Wildman–Crippen LogP) is 7.05. The predicted molar refractivity (Wildman–Crippen MR) is 169 cm³/mol. The fourth-order valence-electron chi connectivity index (χ4n) is 4.90. The molecule has 4 aromatic carbocycles. The van der Waals surface area contributed by atoms with Crippen LogP contribution in [0.5, 0.6) is 0 Å². The number of carbonyl (C=O) groups excluding carboxylic acids is 2. The molecule has 0 bridgehead atoms. The molecule has 42 heavy (non-hydrogen) atoms. The highest BCUT2D eigenvalue weighted by Crippen LogP contribution is 2.22. The number of benzene rings is 4. The van der Waals surface area contributed by atoms with E-state index < -0.39 is 0 Å². The van der Waals surface area contributed by atoms with Crippen molar-refractivity contribution in [2.45, 2.75) is 13.1 Å². The number of aromatic nitrogens is 2. The van der Waals surface area contributed by atoms with Crippen LogP contribution in [-0.4, -0.2) is 36.7 Å². The molecule has 2 amide bonds. The summed E-state index contributed by atoms with van der Waals surface area (Å²) in [5.74, 6) is -0.616. The number of pyridine rings is 2. The number of amides is 2. The number of fused-ring (bicyclic) bond motifs is 2. The van der Waals surface area contributed by atoms with Gasteiger partial charge < -0.3 is 0 Å². The molecular formula is C35H26N4O2S.